The van der Waals surface area contributed by atoms with E-state index >= 15 is 0 Å². The number of hydrogen-bond acceptors (Lipinski definition) is 5. The topological polar surface area (TPSA) is 73.9 Å². The molecule has 5 nitrogen and oxygen atoms in total. The van der Waals surface area contributed by atoms with Crippen molar-refractivity contribution < 1.29 is 4.74 Å². The van der Waals surface area contributed by atoms with Gasteiger partial charge in [-0.2, -0.15) is 9.97 Å². The zero-order chi connectivity index (χ0) is 13.1. The van der Waals surface area contributed by atoms with Crippen molar-refractivity contribution in [2.75, 3.05) is 18.9 Å². The van der Waals surface area contributed by atoms with E-state index in [-0.39, 0.29) is 0 Å². The lowest BCUT2D eigenvalue weighted by Gasteiger charge is -2.15. The lowest BCUT2D eigenvalue weighted by molar-refractivity contribution is 0.193. The Bertz CT molecular complexity index is 423. The van der Waals surface area contributed by atoms with E-state index < -0.39 is 0 Å². The molecular weight excluding hydrogens is 240 g/mol. The summed E-state index contributed by atoms with van der Waals surface area (Å²) in [5.74, 6) is 2.89. The molecule has 1 aromatic heterocycles. The minimum absolute atomic E-state index is 0.301. The first kappa shape index (κ1) is 12.8. The zero-order valence-corrected chi connectivity index (χ0v) is 11.3. The molecule has 1 unspecified atom stereocenters. The number of ether oxygens (including phenoxy) is 1. The summed E-state index contributed by atoms with van der Waals surface area (Å²) in [6.07, 6.45) is 8.58. The molecule has 0 amide bonds. The highest BCUT2D eigenvalue weighted by atomic mass is 16.5. The predicted octanol–water partition coefficient (Wildman–Crippen LogP) is 2.40. The first-order chi connectivity index (χ1) is 9.33. The number of nitrogens with zero attached hydrogens (tertiary/aromatic N) is 3. The van der Waals surface area contributed by atoms with Crippen molar-refractivity contribution in [1.82, 2.24) is 15.0 Å². The second-order valence-corrected chi connectivity index (χ2v) is 5.66. The average Bonchev–Trinajstić information content (AvgIpc) is 2.81. The second kappa shape index (κ2) is 5.82. The average molecular weight is 262 g/mol. The van der Waals surface area contributed by atoms with Crippen LogP contribution >= 0.6 is 0 Å². The first-order valence-electron chi connectivity index (χ1n) is 7.42. The summed E-state index contributed by atoms with van der Waals surface area (Å²) in [6.45, 7) is 1.52. The van der Waals surface area contributed by atoms with Crippen LogP contribution in [0, 0.1) is 0 Å². The zero-order valence-electron chi connectivity index (χ0n) is 11.3. The van der Waals surface area contributed by atoms with Gasteiger partial charge in [-0.15, -0.1) is 0 Å². The van der Waals surface area contributed by atoms with Gasteiger partial charge in [0.25, 0.3) is 0 Å². The van der Waals surface area contributed by atoms with E-state index in [9.17, 15) is 0 Å². The maximum atomic E-state index is 5.87. The monoisotopic (exact) mass is 262 g/mol. The SMILES string of the molecule is Nc1nc(C2CCCCCC2)nc(C2CCOC2)n1. The Hall–Kier alpha value is -1.23. The van der Waals surface area contributed by atoms with E-state index in [4.69, 9.17) is 15.5 Å². The third-order valence-corrected chi connectivity index (χ3v) is 4.20. The Balaban J connectivity index is 1.83. The van der Waals surface area contributed by atoms with Gasteiger partial charge in [-0.3, -0.25) is 0 Å². The number of aromatic nitrogens is 3. The smallest absolute Gasteiger partial charge is 0.223 e. The van der Waals surface area contributed by atoms with E-state index in [1.54, 1.807) is 0 Å². The molecule has 1 saturated heterocycles. The standard InChI is InChI=1S/C14H22N4O/c15-14-17-12(10-5-3-1-2-4-6-10)16-13(18-14)11-7-8-19-9-11/h10-11H,1-9H2,(H2,15,16,17,18). The van der Waals surface area contributed by atoms with Crippen LogP contribution in [0.3, 0.4) is 0 Å². The van der Waals surface area contributed by atoms with Crippen molar-refractivity contribution in [3.8, 4) is 0 Å². The number of rotatable bonds is 2. The van der Waals surface area contributed by atoms with Crippen LogP contribution in [-0.2, 0) is 4.74 Å². The Morgan fingerprint density at radius 2 is 1.53 bits per heavy atom. The van der Waals surface area contributed by atoms with Crippen LogP contribution in [0.4, 0.5) is 5.95 Å². The maximum absolute atomic E-state index is 5.87. The summed E-state index contributed by atoms with van der Waals surface area (Å²) in [5.41, 5.74) is 5.87. The minimum Gasteiger partial charge on any atom is -0.381 e. The van der Waals surface area contributed by atoms with E-state index in [0.717, 1.165) is 24.7 Å². The van der Waals surface area contributed by atoms with Crippen LogP contribution in [-0.4, -0.2) is 28.2 Å². The molecule has 1 aromatic rings. The molecule has 1 saturated carbocycles. The molecule has 0 aromatic carbocycles. The van der Waals surface area contributed by atoms with E-state index in [1.165, 1.54) is 38.5 Å². The highest BCUT2D eigenvalue weighted by Gasteiger charge is 2.24. The fraction of sp³-hybridized carbons (Fsp3) is 0.786. The summed E-state index contributed by atoms with van der Waals surface area (Å²) in [4.78, 5) is 13.4. The molecule has 5 heteroatoms. The third kappa shape index (κ3) is 3.03. The summed E-state index contributed by atoms with van der Waals surface area (Å²) in [7, 11) is 0. The number of anilines is 1. The molecule has 2 aliphatic rings. The lowest BCUT2D eigenvalue weighted by Crippen LogP contribution is -2.14. The van der Waals surface area contributed by atoms with Crippen LogP contribution in [0.2, 0.25) is 0 Å². The van der Waals surface area contributed by atoms with Crippen molar-refractivity contribution >= 4 is 5.95 Å². The second-order valence-electron chi connectivity index (χ2n) is 5.66. The Labute approximate surface area is 114 Å². The first-order valence-corrected chi connectivity index (χ1v) is 7.42. The van der Waals surface area contributed by atoms with Crippen LogP contribution in [0.15, 0.2) is 0 Å². The predicted molar refractivity (Wildman–Crippen MR) is 72.9 cm³/mol. The number of hydrogen-bond donors (Lipinski definition) is 1. The molecule has 2 heterocycles. The Morgan fingerprint density at radius 1 is 0.842 bits per heavy atom. The summed E-state index contributed by atoms with van der Waals surface area (Å²) in [5, 5.41) is 0. The fourth-order valence-corrected chi connectivity index (χ4v) is 3.07. The van der Waals surface area contributed by atoms with Gasteiger partial charge >= 0.3 is 0 Å². The van der Waals surface area contributed by atoms with Gasteiger partial charge in [-0.25, -0.2) is 4.98 Å². The molecular formula is C14H22N4O. The van der Waals surface area contributed by atoms with Crippen molar-refractivity contribution in [3.63, 3.8) is 0 Å². The van der Waals surface area contributed by atoms with Gasteiger partial charge in [0.2, 0.25) is 5.95 Å². The summed E-state index contributed by atoms with van der Waals surface area (Å²) in [6, 6.07) is 0. The van der Waals surface area contributed by atoms with Gasteiger partial charge < -0.3 is 10.5 Å². The van der Waals surface area contributed by atoms with Crippen LogP contribution in [0.5, 0.6) is 0 Å². The van der Waals surface area contributed by atoms with Crippen molar-refractivity contribution in [2.24, 2.45) is 0 Å². The van der Waals surface area contributed by atoms with Gasteiger partial charge in [-0.05, 0) is 19.3 Å². The fourth-order valence-electron chi connectivity index (χ4n) is 3.07. The van der Waals surface area contributed by atoms with Gasteiger partial charge in [0.1, 0.15) is 11.6 Å². The molecule has 1 aliphatic heterocycles. The van der Waals surface area contributed by atoms with Crippen LogP contribution < -0.4 is 5.73 Å². The molecule has 2 fully saturated rings. The Kier molecular flexibility index (Phi) is 3.92. The van der Waals surface area contributed by atoms with Crippen LogP contribution in [0.1, 0.15) is 68.4 Å². The molecule has 0 spiro atoms. The number of nitrogen functional groups attached to an aromatic ring is 1. The van der Waals surface area contributed by atoms with Gasteiger partial charge in [0.15, 0.2) is 0 Å². The summed E-state index contributed by atoms with van der Waals surface area (Å²) >= 11 is 0. The molecule has 19 heavy (non-hydrogen) atoms. The van der Waals surface area contributed by atoms with Gasteiger partial charge in [-0.1, -0.05) is 25.7 Å². The van der Waals surface area contributed by atoms with E-state index in [1.807, 2.05) is 0 Å². The third-order valence-electron chi connectivity index (χ3n) is 4.20. The van der Waals surface area contributed by atoms with Crippen LogP contribution in [0.25, 0.3) is 0 Å². The van der Waals surface area contributed by atoms with Crippen molar-refractivity contribution in [3.05, 3.63) is 11.6 Å². The molecule has 0 radical (unpaired) electrons. The molecule has 104 valence electrons. The largest absolute Gasteiger partial charge is 0.381 e. The minimum atomic E-state index is 0.301. The Morgan fingerprint density at radius 3 is 2.16 bits per heavy atom. The van der Waals surface area contributed by atoms with Gasteiger partial charge in [0, 0.05) is 18.4 Å². The quantitative estimate of drug-likeness (QED) is 0.828. The molecule has 2 N–H and O–H groups in total. The highest BCUT2D eigenvalue weighted by Crippen LogP contribution is 2.31. The highest BCUT2D eigenvalue weighted by molar-refractivity contribution is 5.19. The van der Waals surface area contributed by atoms with Crippen molar-refractivity contribution in [2.45, 2.75) is 56.8 Å². The molecule has 0 bridgehead atoms. The van der Waals surface area contributed by atoms with E-state index in [2.05, 4.69) is 9.97 Å². The van der Waals surface area contributed by atoms with E-state index in [0.29, 0.717) is 24.4 Å². The summed E-state index contributed by atoms with van der Waals surface area (Å²) < 4.78 is 5.42. The lowest BCUT2D eigenvalue weighted by atomic mass is 9.99. The molecule has 3 rings (SSSR count). The van der Waals surface area contributed by atoms with Crippen molar-refractivity contribution in [1.29, 1.82) is 0 Å². The molecule has 1 atom stereocenters. The normalized spacial score (nSPS) is 25.4. The molecule has 1 aliphatic carbocycles. The maximum Gasteiger partial charge on any atom is 0.223 e. The van der Waals surface area contributed by atoms with Gasteiger partial charge in [0.05, 0.1) is 6.61 Å². The number of nitrogens with two attached hydrogens (primary N) is 1.